The first-order valence-electron chi connectivity index (χ1n) is 6.64. The molecule has 104 valence electrons. The van der Waals surface area contributed by atoms with Gasteiger partial charge in [0.05, 0.1) is 6.04 Å². The van der Waals surface area contributed by atoms with Crippen molar-refractivity contribution in [3.8, 4) is 5.75 Å². The van der Waals surface area contributed by atoms with Gasteiger partial charge in [-0.25, -0.2) is 0 Å². The number of hydrogen-bond donors (Lipinski definition) is 2. The summed E-state index contributed by atoms with van der Waals surface area (Å²) in [4.78, 5) is 14.2. The van der Waals surface area contributed by atoms with Crippen LogP contribution in [0.5, 0.6) is 5.75 Å². The summed E-state index contributed by atoms with van der Waals surface area (Å²) in [6.45, 7) is 7.14. The molecule has 4 nitrogen and oxygen atoms in total. The molecule has 19 heavy (non-hydrogen) atoms. The summed E-state index contributed by atoms with van der Waals surface area (Å²) in [6.07, 6.45) is 0.818. The van der Waals surface area contributed by atoms with Crippen LogP contribution in [-0.4, -0.2) is 28.5 Å². The van der Waals surface area contributed by atoms with E-state index in [1.807, 2.05) is 26.8 Å². The average molecular weight is 262 g/mol. The summed E-state index contributed by atoms with van der Waals surface area (Å²) in [5, 5.41) is 9.52. The highest BCUT2D eigenvalue weighted by Gasteiger charge is 2.32. The highest BCUT2D eigenvalue weighted by Crippen LogP contribution is 2.25. The minimum atomic E-state index is -0.494. The second-order valence-corrected chi connectivity index (χ2v) is 6.31. The van der Waals surface area contributed by atoms with Gasteiger partial charge in [0.15, 0.2) is 0 Å². The Balaban J connectivity index is 2.15. The molecule has 0 bridgehead atoms. The van der Waals surface area contributed by atoms with E-state index in [1.165, 1.54) is 5.56 Å². The Morgan fingerprint density at radius 2 is 2.05 bits per heavy atom. The number of nitrogens with zero attached hydrogens (tertiary/aromatic N) is 1. The number of aromatic hydroxyl groups is 1. The molecule has 1 heterocycles. The number of carbonyl (C=O) groups excluding carboxylic acids is 1. The minimum Gasteiger partial charge on any atom is -0.508 e. The number of phenols is 1. The molecule has 1 aliphatic heterocycles. The maximum Gasteiger partial charge on any atom is 0.240 e. The lowest BCUT2D eigenvalue weighted by molar-refractivity contribution is -0.135. The van der Waals surface area contributed by atoms with Crippen molar-refractivity contribution in [2.45, 2.75) is 39.8 Å². The molecule has 1 aromatic rings. The maximum absolute atomic E-state index is 12.4. The molecule has 1 amide bonds. The van der Waals surface area contributed by atoms with Gasteiger partial charge >= 0.3 is 0 Å². The molecule has 0 aliphatic carbocycles. The molecule has 0 spiro atoms. The van der Waals surface area contributed by atoms with Crippen molar-refractivity contribution in [3.63, 3.8) is 0 Å². The van der Waals surface area contributed by atoms with E-state index >= 15 is 0 Å². The summed E-state index contributed by atoms with van der Waals surface area (Å²) in [5.74, 6) is 0.231. The first-order chi connectivity index (χ1) is 8.79. The molecule has 1 aromatic carbocycles. The molecular formula is C15H22N2O2. The number of nitrogens with two attached hydrogens (primary N) is 1. The van der Waals surface area contributed by atoms with Crippen molar-refractivity contribution < 1.29 is 9.90 Å². The number of rotatable bonds is 1. The molecule has 0 saturated carbocycles. The molecule has 0 radical (unpaired) electrons. The Hall–Kier alpha value is -1.55. The zero-order valence-corrected chi connectivity index (χ0v) is 11.8. The first kappa shape index (κ1) is 13.9. The summed E-state index contributed by atoms with van der Waals surface area (Å²) in [6, 6.07) is 4.86. The monoisotopic (exact) mass is 262 g/mol. The van der Waals surface area contributed by atoms with Crippen molar-refractivity contribution in [2.75, 3.05) is 6.54 Å². The van der Waals surface area contributed by atoms with E-state index in [0.29, 0.717) is 13.1 Å². The van der Waals surface area contributed by atoms with Crippen molar-refractivity contribution in [2.24, 2.45) is 11.1 Å². The topological polar surface area (TPSA) is 66.6 Å². The number of fused-ring (bicyclic) bond motifs is 1. The van der Waals surface area contributed by atoms with Gasteiger partial charge in [0.25, 0.3) is 0 Å². The number of amides is 1. The normalized spacial score (nSPS) is 16.9. The van der Waals surface area contributed by atoms with Gasteiger partial charge in [-0.05, 0) is 35.1 Å². The number of carbonyl (C=O) groups is 1. The van der Waals surface area contributed by atoms with Crippen LogP contribution in [0.2, 0.25) is 0 Å². The molecule has 1 aliphatic rings. The van der Waals surface area contributed by atoms with Gasteiger partial charge in [0, 0.05) is 13.1 Å². The van der Waals surface area contributed by atoms with Crippen LogP contribution in [0.25, 0.3) is 0 Å². The van der Waals surface area contributed by atoms with Crippen molar-refractivity contribution >= 4 is 5.91 Å². The molecule has 0 aromatic heterocycles. The lowest BCUT2D eigenvalue weighted by atomic mass is 9.86. The second kappa shape index (κ2) is 4.85. The summed E-state index contributed by atoms with van der Waals surface area (Å²) < 4.78 is 0. The molecule has 0 fully saturated rings. The van der Waals surface area contributed by atoms with Gasteiger partial charge < -0.3 is 15.7 Å². The van der Waals surface area contributed by atoms with E-state index in [4.69, 9.17) is 5.73 Å². The van der Waals surface area contributed by atoms with Crippen LogP contribution in [-0.2, 0) is 17.8 Å². The van der Waals surface area contributed by atoms with Crippen LogP contribution < -0.4 is 5.73 Å². The average Bonchev–Trinajstić information content (AvgIpc) is 2.35. The van der Waals surface area contributed by atoms with Crippen LogP contribution in [0.15, 0.2) is 18.2 Å². The van der Waals surface area contributed by atoms with Crippen molar-refractivity contribution in [3.05, 3.63) is 29.3 Å². The molecule has 0 unspecified atom stereocenters. The second-order valence-electron chi connectivity index (χ2n) is 6.31. The van der Waals surface area contributed by atoms with E-state index in [9.17, 15) is 9.90 Å². The SMILES string of the molecule is CC(C)(C)[C@H](N)C(=O)N1CCc2ccc(O)cc2C1. The largest absolute Gasteiger partial charge is 0.508 e. The van der Waals surface area contributed by atoms with E-state index < -0.39 is 6.04 Å². The number of phenolic OH excluding ortho intramolecular Hbond substituents is 1. The Kier molecular flexibility index (Phi) is 3.54. The molecule has 0 saturated heterocycles. The fourth-order valence-electron chi connectivity index (χ4n) is 2.30. The van der Waals surface area contributed by atoms with Gasteiger partial charge in [-0.2, -0.15) is 0 Å². The van der Waals surface area contributed by atoms with Crippen LogP contribution in [0, 0.1) is 5.41 Å². The molecule has 4 heteroatoms. The van der Waals surface area contributed by atoms with Crippen LogP contribution in [0.1, 0.15) is 31.9 Å². The predicted molar refractivity (Wildman–Crippen MR) is 74.7 cm³/mol. The fraction of sp³-hybridized carbons (Fsp3) is 0.533. The minimum absolute atomic E-state index is 0.0125. The molecule has 1 atom stereocenters. The third-order valence-electron chi connectivity index (χ3n) is 3.71. The van der Waals surface area contributed by atoms with Gasteiger partial charge in [-0.15, -0.1) is 0 Å². The van der Waals surface area contributed by atoms with Crippen LogP contribution in [0.4, 0.5) is 0 Å². The number of hydrogen-bond acceptors (Lipinski definition) is 3. The van der Waals surface area contributed by atoms with Gasteiger partial charge in [0.1, 0.15) is 5.75 Å². The summed E-state index contributed by atoms with van der Waals surface area (Å²) in [7, 11) is 0. The fourth-order valence-corrected chi connectivity index (χ4v) is 2.30. The third kappa shape index (κ3) is 2.89. The third-order valence-corrected chi connectivity index (χ3v) is 3.71. The lowest BCUT2D eigenvalue weighted by Gasteiger charge is -2.35. The molecular weight excluding hydrogens is 240 g/mol. The molecule has 2 rings (SSSR count). The van der Waals surface area contributed by atoms with E-state index in [2.05, 4.69) is 0 Å². The van der Waals surface area contributed by atoms with E-state index in [0.717, 1.165) is 12.0 Å². The Bertz CT molecular complexity index is 491. The predicted octanol–water partition coefficient (Wildman–Crippen LogP) is 1.65. The zero-order chi connectivity index (χ0) is 14.2. The van der Waals surface area contributed by atoms with Gasteiger partial charge in [-0.1, -0.05) is 26.8 Å². The summed E-state index contributed by atoms with van der Waals surface area (Å²) in [5.41, 5.74) is 8.01. The van der Waals surface area contributed by atoms with Gasteiger partial charge in [0.2, 0.25) is 5.91 Å². The maximum atomic E-state index is 12.4. The highest BCUT2D eigenvalue weighted by molar-refractivity contribution is 5.82. The molecule has 3 N–H and O–H groups in total. The summed E-state index contributed by atoms with van der Waals surface area (Å²) >= 11 is 0. The Labute approximate surface area is 114 Å². The Morgan fingerprint density at radius 1 is 1.37 bits per heavy atom. The van der Waals surface area contributed by atoms with Gasteiger partial charge in [-0.3, -0.25) is 4.79 Å². The standard InChI is InChI=1S/C15H22N2O2/c1-15(2,3)13(16)14(19)17-7-6-10-4-5-12(18)8-11(10)9-17/h4-5,8,13,18H,6-7,9,16H2,1-3H3/t13-/m1/s1. The smallest absolute Gasteiger partial charge is 0.240 e. The first-order valence-corrected chi connectivity index (χ1v) is 6.64. The van der Waals surface area contributed by atoms with Crippen molar-refractivity contribution in [1.29, 1.82) is 0 Å². The van der Waals surface area contributed by atoms with Crippen molar-refractivity contribution in [1.82, 2.24) is 4.90 Å². The van der Waals surface area contributed by atoms with Crippen LogP contribution >= 0.6 is 0 Å². The Morgan fingerprint density at radius 3 is 2.68 bits per heavy atom. The van der Waals surface area contributed by atoms with Crippen LogP contribution in [0.3, 0.4) is 0 Å². The van der Waals surface area contributed by atoms with E-state index in [-0.39, 0.29) is 17.1 Å². The quantitative estimate of drug-likeness (QED) is 0.808. The number of benzene rings is 1. The lowest BCUT2D eigenvalue weighted by Crippen LogP contribution is -2.51. The highest BCUT2D eigenvalue weighted by atomic mass is 16.3. The zero-order valence-electron chi connectivity index (χ0n) is 11.8. The van der Waals surface area contributed by atoms with E-state index in [1.54, 1.807) is 17.0 Å².